The topological polar surface area (TPSA) is 134 Å². The molecule has 2 atom stereocenters. The first-order valence-corrected chi connectivity index (χ1v) is 4.75. The monoisotopic (exact) mass is 240 g/mol. The second-order valence-electron chi connectivity index (χ2n) is 3.45. The molecule has 1 heterocycles. The van der Waals surface area contributed by atoms with Gasteiger partial charge in [0.15, 0.2) is 0 Å². The van der Waals surface area contributed by atoms with E-state index >= 15 is 0 Å². The molecule has 0 bridgehead atoms. The predicted octanol–water partition coefficient (Wildman–Crippen LogP) is -0.951. The van der Waals surface area contributed by atoms with Crippen molar-refractivity contribution in [3.8, 4) is 0 Å². The number of carbonyl (C=O) groups excluding carboxylic acids is 1. The lowest BCUT2D eigenvalue weighted by atomic mass is 9.99. The van der Waals surface area contributed by atoms with E-state index in [1.165, 1.54) is 12.3 Å². The van der Waals surface area contributed by atoms with E-state index in [4.69, 9.17) is 10.8 Å². The van der Waals surface area contributed by atoms with Crippen LogP contribution in [-0.2, 0) is 4.79 Å². The van der Waals surface area contributed by atoms with E-state index in [1.54, 1.807) is 0 Å². The maximum atomic E-state index is 10.9. The highest BCUT2D eigenvalue weighted by Gasteiger charge is 2.24. The van der Waals surface area contributed by atoms with Crippen molar-refractivity contribution in [3.05, 3.63) is 29.6 Å². The third-order valence-corrected chi connectivity index (χ3v) is 2.18. The minimum Gasteiger partial charge on any atom is -0.478 e. The maximum absolute atomic E-state index is 10.9. The normalized spacial score (nSPS) is 14.0. The third-order valence-electron chi connectivity index (χ3n) is 2.18. The van der Waals surface area contributed by atoms with E-state index in [9.17, 15) is 19.8 Å². The molecule has 7 nitrogen and oxygen atoms in total. The van der Waals surface area contributed by atoms with Crippen LogP contribution < -0.4 is 5.73 Å². The van der Waals surface area contributed by atoms with Gasteiger partial charge in [-0.3, -0.25) is 9.78 Å². The summed E-state index contributed by atoms with van der Waals surface area (Å²) >= 11 is 0. The SMILES string of the molecule is NC(=O)CC(O)C(O)c1cnccc1C(=O)O. The van der Waals surface area contributed by atoms with Crippen LogP contribution in [0, 0.1) is 0 Å². The molecule has 0 aliphatic carbocycles. The van der Waals surface area contributed by atoms with Crippen LogP contribution in [-0.4, -0.2) is 38.3 Å². The Bertz CT molecular complexity index is 434. The fraction of sp³-hybridized carbons (Fsp3) is 0.300. The van der Waals surface area contributed by atoms with Gasteiger partial charge in [0.2, 0.25) is 5.91 Å². The maximum Gasteiger partial charge on any atom is 0.336 e. The van der Waals surface area contributed by atoms with Crippen molar-refractivity contribution >= 4 is 11.9 Å². The van der Waals surface area contributed by atoms with E-state index in [0.29, 0.717) is 0 Å². The van der Waals surface area contributed by atoms with Crippen LogP contribution in [0.2, 0.25) is 0 Å². The number of primary amides is 1. The number of carbonyl (C=O) groups is 2. The van der Waals surface area contributed by atoms with Gasteiger partial charge in [-0.1, -0.05) is 0 Å². The van der Waals surface area contributed by atoms with Crippen molar-refractivity contribution in [2.75, 3.05) is 0 Å². The van der Waals surface area contributed by atoms with Crippen LogP contribution in [0.4, 0.5) is 0 Å². The number of aromatic nitrogens is 1. The number of rotatable bonds is 5. The number of aliphatic hydroxyl groups excluding tert-OH is 2. The molecule has 0 aromatic carbocycles. The molecule has 0 fully saturated rings. The largest absolute Gasteiger partial charge is 0.478 e. The van der Waals surface area contributed by atoms with Gasteiger partial charge in [0.25, 0.3) is 0 Å². The Morgan fingerprint density at radius 3 is 2.59 bits per heavy atom. The summed E-state index contributed by atoms with van der Waals surface area (Å²) in [6, 6.07) is 1.19. The number of amides is 1. The summed E-state index contributed by atoms with van der Waals surface area (Å²) in [7, 11) is 0. The minimum atomic E-state index is -1.53. The molecule has 1 rings (SSSR count). The number of carboxylic acids is 1. The highest BCUT2D eigenvalue weighted by Crippen LogP contribution is 2.21. The Kier molecular flexibility index (Phi) is 4.13. The molecule has 0 saturated heterocycles. The molecular formula is C10H12N2O5. The summed E-state index contributed by atoms with van der Waals surface area (Å²) < 4.78 is 0. The van der Waals surface area contributed by atoms with Gasteiger partial charge in [-0.25, -0.2) is 4.79 Å². The molecule has 1 aromatic rings. The first kappa shape index (κ1) is 13.1. The van der Waals surface area contributed by atoms with Crippen LogP contribution >= 0.6 is 0 Å². The fourth-order valence-corrected chi connectivity index (χ4v) is 1.36. The lowest BCUT2D eigenvalue weighted by Gasteiger charge is -2.17. The van der Waals surface area contributed by atoms with Crippen molar-refractivity contribution in [3.63, 3.8) is 0 Å². The number of pyridine rings is 1. The Hall–Kier alpha value is -1.99. The average molecular weight is 240 g/mol. The zero-order chi connectivity index (χ0) is 13.0. The summed E-state index contributed by atoms with van der Waals surface area (Å²) in [6.07, 6.45) is -1.08. The summed E-state index contributed by atoms with van der Waals surface area (Å²) in [5.41, 5.74) is 4.62. The highest BCUT2D eigenvalue weighted by molar-refractivity contribution is 5.89. The molecule has 1 aromatic heterocycles. The standard InChI is InChI=1S/C10H12N2O5/c11-8(14)3-7(13)9(15)6-4-12-2-1-5(6)10(16)17/h1-2,4,7,9,13,15H,3H2,(H2,11,14)(H,16,17). The van der Waals surface area contributed by atoms with Gasteiger partial charge in [-0.15, -0.1) is 0 Å². The molecule has 92 valence electrons. The quantitative estimate of drug-likeness (QED) is 0.524. The molecular weight excluding hydrogens is 228 g/mol. The molecule has 0 aliphatic rings. The van der Waals surface area contributed by atoms with E-state index < -0.39 is 30.5 Å². The average Bonchev–Trinajstić information content (AvgIpc) is 2.27. The van der Waals surface area contributed by atoms with Crippen LogP contribution in [0.1, 0.15) is 28.4 Å². The van der Waals surface area contributed by atoms with Gasteiger partial charge in [-0.05, 0) is 6.07 Å². The van der Waals surface area contributed by atoms with Crippen LogP contribution in [0.3, 0.4) is 0 Å². The molecule has 0 spiro atoms. The highest BCUT2D eigenvalue weighted by atomic mass is 16.4. The fourth-order valence-electron chi connectivity index (χ4n) is 1.36. The third kappa shape index (κ3) is 3.23. The Morgan fingerprint density at radius 2 is 2.06 bits per heavy atom. The van der Waals surface area contributed by atoms with Crippen LogP contribution in [0.15, 0.2) is 18.5 Å². The smallest absolute Gasteiger partial charge is 0.336 e. The molecule has 0 radical (unpaired) electrons. The van der Waals surface area contributed by atoms with Crippen molar-refractivity contribution in [2.24, 2.45) is 5.73 Å². The first-order chi connectivity index (χ1) is 7.93. The van der Waals surface area contributed by atoms with E-state index in [2.05, 4.69) is 4.98 Å². The Labute approximate surface area is 96.5 Å². The lowest BCUT2D eigenvalue weighted by molar-refractivity contribution is -0.121. The second kappa shape index (κ2) is 5.37. The number of carboxylic acid groups (broad SMARTS) is 1. The number of nitrogens with zero attached hydrogens (tertiary/aromatic N) is 1. The first-order valence-electron chi connectivity index (χ1n) is 4.75. The molecule has 0 saturated carbocycles. The number of nitrogens with two attached hydrogens (primary N) is 1. The van der Waals surface area contributed by atoms with Gasteiger partial charge in [0, 0.05) is 18.0 Å². The molecule has 5 N–H and O–H groups in total. The Morgan fingerprint density at radius 1 is 1.41 bits per heavy atom. The zero-order valence-electron chi connectivity index (χ0n) is 8.78. The molecule has 7 heteroatoms. The number of hydrogen-bond acceptors (Lipinski definition) is 5. The lowest BCUT2D eigenvalue weighted by Crippen LogP contribution is -2.26. The molecule has 17 heavy (non-hydrogen) atoms. The Balaban J connectivity index is 2.99. The van der Waals surface area contributed by atoms with E-state index in [-0.39, 0.29) is 11.1 Å². The summed E-state index contributed by atoms with van der Waals surface area (Å²) in [5.74, 6) is -2.05. The number of aromatic carboxylic acids is 1. The van der Waals surface area contributed by atoms with E-state index in [0.717, 1.165) is 6.20 Å². The predicted molar refractivity (Wildman–Crippen MR) is 56.0 cm³/mol. The number of hydrogen-bond donors (Lipinski definition) is 4. The molecule has 0 aliphatic heterocycles. The van der Waals surface area contributed by atoms with Gasteiger partial charge in [-0.2, -0.15) is 0 Å². The minimum absolute atomic E-state index is 0.0613. The van der Waals surface area contributed by atoms with Gasteiger partial charge in [0.1, 0.15) is 6.10 Å². The zero-order valence-corrected chi connectivity index (χ0v) is 8.78. The van der Waals surface area contributed by atoms with E-state index in [1.807, 2.05) is 0 Å². The van der Waals surface area contributed by atoms with Crippen molar-refractivity contribution in [1.29, 1.82) is 0 Å². The van der Waals surface area contributed by atoms with Gasteiger partial charge < -0.3 is 21.1 Å². The van der Waals surface area contributed by atoms with Crippen molar-refractivity contribution in [1.82, 2.24) is 4.98 Å². The van der Waals surface area contributed by atoms with Crippen LogP contribution in [0.25, 0.3) is 0 Å². The second-order valence-corrected chi connectivity index (χ2v) is 3.45. The summed E-state index contributed by atoms with van der Waals surface area (Å²) in [4.78, 5) is 25.1. The van der Waals surface area contributed by atoms with Crippen LogP contribution in [0.5, 0.6) is 0 Å². The van der Waals surface area contributed by atoms with Gasteiger partial charge in [0.05, 0.1) is 18.1 Å². The molecule has 2 unspecified atom stereocenters. The number of aliphatic hydroxyl groups is 2. The van der Waals surface area contributed by atoms with Crippen molar-refractivity contribution in [2.45, 2.75) is 18.6 Å². The van der Waals surface area contributed by atoms with Crippen molar-refractivity contribution < 1.29 is 24.9 Å². The summed E-state index contributed by atoms with van der Waals surface area (Å²) in [6.45, 7) is 0. The summed E-state index contributed by atoms with van der Waals surface area (Å²) in [5, 5.41) is 28.0. The van der Waals surface area contributed by atoms with Gasteiger partial charge >= 0.3 is 5.97 Å². The molecule has 1 amide bonds.